The number of halogens is 3. The summed E-state index contributed by atoms with van der Waals surface area (Å²) in [7, 11) is 6.32. The molecule has 1 aromatic rings. The standard InChI is InChI=1S/C7H6ClF2NS/c1-4-5(7(9)10)2-3-6(11-4)12-8/h2-3,7H,1H3. The molecule has 0 bridgehead atoms. The minimum atomic E-state index is -2.47. The van der Waals surface area contributed by atoms with E-state index in [1.807, 2.05) is 0 Å². The molecule has 0 unspecified atom stereocenters. The van der Waals surface area contributed by atoms with Crippen molar-refractivity contribution in [3.8, 4) is 0 Å². The van der Waals surface area contributed by atoms with Crippen molar-refractivity contribution in [1.82, 2.24) is 4.98 Å². The van der Waals surface area contributed by atoms with Gasteiger partial charge in [-0.1, -0.05) is 0 Å². The topological polar surface area (TPSA) is 12.9 Å². The van der Waals surface area contributed by atoms with Gasteiger partial charge in [0.2, 0.25) is 0 Å². The van der Waals surface area contributed by atoms with Gasteiger partial charge in [-0.15, -0.1) is 0 Å². The van der Waals surface area contributed by atoms with Crippen LogP contribution in [0, 0.1) is 6.92 Å². The van der Waals surface area contributed by atoms with E-state index in [2.05, 4.69) is 4.98 Å². The molecule has 0 amide bonds. The van der Waals surface area contributed by atoms with Crippen LogP contribution in [-0.2, 0) is 0 Å². The number of aryl methyl sites for hydroxylation is 1. The van der Waals surface area contributed by atoms with Crippen LogP contribution in [0.25, 0.3) is 0 Å². The van der Waals surface area contributed by atoms with E-state index < -0.39 is 6.43 Å². The Morgan fingerprint density at radius 2 is 2.17 bits per heavy atom. The molecule has 0 aliphatic carbocycles. The highest BCUT2D eigenvalue weighted by atomic mass is 35.7. The van der Waals surface area contributed by atoms with E-state index in [1.165, 1.54) is 19.1 Å². The molecule has 0 saturated carbocycles. The Balaban J connectivity index is 3.03. The Bertz CT molecular complexity index is 280. The summed E-state index contributed by atoms with van der Waals surface area (Å²) in [4.78, 5) is 3.86. The molecule has 66 valence electrons. The Hall–Kier alpha value is -0.350. The summed E-state index contributed by atoms with van der Waals surface area (Å²) >= 11 is 0. The maximum atomic E-state index is 12.2. The third-order valence-electron chi connectivity index (χ3n) is 1.42. The van der Waals surface area contributed by atoms with Crippen LogP contribution in [0.5, 0.6) is 0 Å². The molecule has 0 spiro atoms. The zero-order valence-corrected chi connectivity index (χ0v) is 7.79. The summed E-state index contributed by atoms with van der Waals surface area (Å²) in [6.45, 7) is 1.54. The van der Waals surface area contributed by atoms with E-state index in [-0.39, 0.29) is 5.56 Å². The average Bonchev–Trinajstić information content (AvgIpc) is 2.03. The third-order valence-corrected chi connectivity index (χ3v) is 2.28. The number of aromatic nitrogens is 1. The molecule has 1 nitrogen and oxygen atoms in total. The summed E-state index contributed by atoms with van der Waals surface area (Å²) in [5.74, 6) is 0. The normalized spacial score (nSPS) is 10.8. The summed E-state index contributed by atoms with van der Waals surface area (Å²) in [5.41, 5.74) is 0.292. The monoisotopic (exact) mass is 209 g/mol. The number of rotatable bonds is 2. The van der Waals surface area contributed by atoms with Gasteiger partial charge in [0.25, 0.3) is 6.43 Å². The van der Waals surface area contributed by atoms with Crippen LogP contribution in [0.15, 0.2) is 17.2 Å². The van der Waals surface area contributed by atoms with Crippen molar-refractivity contribution in [3.05, 3.63) is 23.4 Å². The van der Waals surface area contributed by atoms with Gasteiger partial charge in [0, 0.05) is 22.2 Å². The van der Waals surface area contributed by atoms with Crippen molar-refractivity contribution in [1.29, 1.82) is 0 Å². The van der Waals surface area contributed by atoms with Crippen molar-refractivity contribution < 1.29 is 8.78 Å². The first kappa shape index (κ1) is 9.74. The zero-order chi connectivity index (χ0) is 9.14. The maximum absolute atomic E-state index is 12.2. The number of hydrogen-bond acceptors (Lipinski definition) is 2. The lowest BCUT2D eigenvalue weighted by Crippen LogP contribution is -1.93. The smallest absolute Gasteiger partial charge is 0.245 e. The van der Waals surface area contributed by atoms with Crippen molar-refractivity contribution >= 4 is 21.7 Å². The van der Waals surface area contributed by atoms with Crippen LogP contribution in [0.4, 0.5) is 8.78 Å². The van der Waals surface area contributed by atoms with E-state index >= 15 is 0 Å². The van der Waals surface area contributed by atoms with Crippen molar-refractivity contribution in [2.45, 2.75) is 18.4 Å². The molecular weight excluding hydrogens is 204 g/mol. The van der Waals surface area contributed by atoms with Gasteiger partial charge < -0.3 is 0 Å². The van der Waals surface area contributed by atoms with Gasteiger partial charge in [-0.25, -0.2) is 13.8 Å². The molecule has 1 rings (SSSR count). The van der Waals surface area contributed by atoms with Crippen LogP contribution in [0.3, 0.4) is 0 Å². The highest BCUT2D eigenvalue weighted by Crippen LogP contribution is 2.25. The summed E-state index contributed by atoms with van der Waals surface area (Å²) in [5, 5.41) is 0.540. The Labute approximate surface area is 77.6 Å². The fourth-order valence-corrected chi connectivity index (χ4v) is 1.37. The number of hydrogen-bond donors (Lipinski definition) is 0. The number of alkyl halides is 2. The maximum Gasteiger partial charge on any atom is 0.265 e. The van der Waals surface area contributed by atoms with Gasteiger partial charge in [0.1, 0.15) is 5.03 Å². The Kier molecular flexibility index (Phi) is 3.29. The molecule has 12 heavy (non-hydrogen) atoms. The van der Waals surface area contributed by atoms with Gasteiger partial charge in [-0.05, 0) is 29.7 Å². The predicted molar refractivity (Wildman–Crippen MR) is 45.6 cm³/mol. The number of nitrogens with zero attached hydrogens (tertiary/aromatic N) is 1. The fraction of sp³-hybridized carbons (Fsp3) is 0.286. The Morgan fingerprint density at radius 3 is 2.58 bits per heavy atom. The van der Waals surface area contributed by atoms with E-state index in [4.69, 9.17) is 10.7 Å². The van der Waals surface area contributed by atoms with Crippen molar-refractivity contribution in [2.24, 2.45) is 0 Å². The van der Waals surface area contributed by atoms with E-state index in [9.17, 15) is 8.78 Å². The van der Waals surface area contributed by atoms with Gasteiger partial charge >= 0.3 is 0 Å². The molecule has 0 aromatic carbocycles. The van der Waals surface area contributed by atoms with Crippen LogP contribution in [0.1, 0.15) is 17.7 Å². The second-order valence-electron chi connectivity index (χ2n) is 2.20. The minimum Gasteiger partial charge on any atom is -0.245 e. The zero-order valence-electron chi connectivity index (χ0n) is 6.22. The third kappa shape index (κ3) is 2.08. The summed E-state index contributed by atoms with van der Waals surface area (Å²) in [6.07, 6.45) is -2.47. The van der Waals surface area contributed by atoms with E-state index in [0.717, 1.165) is 11.0 Å². The first-order valence-electron chi connectivity index (χ1n) is 3.19. The minimum absolute atomic E-state index is 0.0375. The van der Waals surface area contributed by atoms with Crippen LogP contribution < -0.4 is 0 Å². The fourth-order valence-electron chi connectivity index (χ4n) is 0.822. The number of pyridine rings is 1. The van der Waals surface area contributed by atoms with Gasteiger partial charge in [0.05, 0.1) is 0 Å². The first-order valence-corrected chi connectivity index (χ1v) is 4.83. The molecule has 0 radical (unpaired) electrons. The molecule has 0 aliphatic heterocycles. The summed E-state index contributed by atoms with van der Waals surface area (Å²) < 4.78 is 24.4. The van der Waals surface area contributed by atoms with Gasteiger partial charge in [-0.3, -0.25) is 0 Å². The molecule has 0 atom stereocenters. The first-order chi connectivity index (χ1) is 5.65. The molecule has 0 saturated heterocycles. The lowest BCUT2D eigenvalue weighted by atomic mass is 10.2. The van der Waals surface area contributed by atoms with Gasteiger partial charge in [-0.2, -0.15) is 0 Å². The SMILES string of the molecule is Cc1nc(SCl)ccc1C(F)F. The van der Waals surface area contributed by atoms with E-state index in [1.54, 1.807) is 0 Å². The second kappa shape index (κ2) is 4.05. The highest BCUT2D eigenvalue weighted by molar-refractivity contribution is 8.21. The highest BCUT2D eigenvalue weighted by Gasteiger charge is 2.11. The molecule has 1 aromatic heterocycles. The molecular formula is C7H6ClF2NS. The molecule has 0 N–H and O–H groups in total. The van der Waals surface area contributed by atoms with Crippen molar-refractivity contribution in [2.75, 3.05) is 0 Å². The largest absolute Gasteiger partial charge is 0.265 e. The lowest BCUT2D eigenvalue weighted by molar-refractivity contribution is 0.150. The predicted octanol–water partition coefficient (Wildman–Crippen LogP) is 3.57. The Morgan fingerprint density at radius 1 is 1.50 bits per heavy atom. The van der Waals surface area contributed by atoms with Crippen LogP contribution in [-0.4, -0.2) is 4.98 Å². The van der Waals surface area contributed by atoms with Crippen molar-refractivity contribution in [3.63, 3.8) is 0 Å². The van der Waals surface area contributed by atoms with Gasteiger partial charge in [0.15, 0.2) is 0 Å². The second-order valence-corrected chi connectivity index (χ2v) is 3.24. The molecule has 1 heterocycles. The average molecular weight is 210 g/mol. The molecule has 0 aliphatic rings. The van der Waals surface area contributed by atoms with Crippen LogP contribution >= 0.6 is 21.7 Å². The quantitative estimate of drug-likeness (QED) is 0.739. The van der Waals surface area contributed by atoms with E-state index in [0.29, 0.717) is 10.7 Å². The summed E-state index contributed by atoms with van der Waals surface area (Å²) in [6, 6.07) is 2.82. The van der Waals surface area contributed by atoms with Crippen LogP contribution in [0.2, 0.25) is 0 Å². The lowest BCUT2D eigenvalue weighted by Gasteiger charge is -2.03. The molecule has 0 fully saturated rings. The molecule has 5 heteroatoms.